The predicted octanol–water partition coefficient (Wildman–Crippen LogP) is 2.44. The summed E-state index contributed by atoms with van der Waals surface area (Å²) in [6, 6.07) is 1.99. The van der Waals surface area contributed by atoms with Crippen molar-refractivity contribution in [1.82, 2.24) is 0 Å². The van der Waals surface area contributed by atoms with Gasteiger partial charge in [0.1, 0.15) is 5.54 Å². The van der Waals surface area contributed by atoms with E-state index in [1.807, 2.05) is 20.8 Å². The summed E-state index contributed by atoms with van der Waals surface area (Å²) >= 11 is 0. The molecule has 0 heterocycles. The van der Waals surface area contributed by atoms with Crippen LogP contribution < -0.4 is 15.8 Å². The standard InChI is InChI=1S/C16H22F2N2O3/c1-5-23-12-8-16(19,15(12,2)3)14(21)20-9-6-10(17)13(22-4)11(18)7-9/h6-7,12H,5,8,19H2,1-4H3,(H,20,21). The fourth-order valence-electron chi connectivity index (χ4n) is 2.89. The average molecular weight is 328 g/mol. The number of ether oxygens (including phenoxy) is 2. The summed E-state index contributed by atoms with van der Waals surface area (Å²) in [7, 11) is 1.17. The number of carbonyl (C=O) groups is 1. The molecule has 1 aliphatic carbocycles. The second kappa shape index (κ2) is 6.05. The Labute approximate surface area is 134 Å². The first-order valence-electron chi connectivity index (χ1n) is 7.42. The average Bonchev–Trinajstić information content (AvgIpc) is 2.46. The molecule has 23 heavy (non-hydrogen) atoms. The highest BCUT2D eigenvalue weighted by atomic mass is 19.1. The van der Waals surface area contributed by atoms with Gasteiger partial charge in [0.25, 0.3) is 0 Å². The number of nitrogens with one attached hydrogen (secondary N) is 1. The van der Waals surface area contributed by atoms with Crippen LogP contribution >= 0.6 is 0 Å². The molecule has 0 aromatic heterocycles. The number of hydrogen-bond acceptors (Lipinski definition) is 4. The summed E-state index contributed by atoms with van der Waals surface area (Å²) in [5.74, 6) is -2.78. The van der Waals surface area contributed by atoms with Crippen LogP contribution in [-0.4, -0.2) is 31.3 Å². The summed E-state index contributed by atoms with van der Waals surface area (Å²) < 4.78 is 37.6. The number of anilines is 1. The quantitative estimate of drug-likeness (QED) is 0.871. The molecule has 2 unspecified atom stereocenters. The van der Waals surface area contributed by atoms with Gasteiger partial charge in [-0.15, -0.1) is 0 Å². The molecule has 0 aliphatic heterocycles. The largest absolute Gasteiger partial charge is 0.491 e. The fourth-order valence-corrected chi connectivity index (χ4v) is 2.89. The molecule has 1 fully saturated rings. The molecule has 0 saturated heterocycles. The second-order valence-electron chi connectivity index (χ2n) is 6.27. The summed E-state index contributed by atoms with van der Waals surface area (Å²) in [6.45, 7) is 6.08. The van der Waals surface area contributed by atoms with Crippen LogP contribution in [0, 0.1) is 17.0 Å². The van der Waals surface area contributed by atoms with Crippen LogP contribution in [0.1, 0.15) is 27.2 Å². The van der Waals surface area contributed by atoms with Gasteiger partial charge < -0.3 is 20.5 Å². The highest BCUT2D eigenvalue weighted by molar-refractivity contribution is 5.99. The molecule has 5 nitrogen and oxygen atoms in total. The molecule has 3 N–H and O–H groups in total. The number of amides is 1. The molecule has 7 heteroatoms. The van der Waals surface area contributed by atoms with E-state index in [1.165, 1.54) is 7.11 Å². The third-order valence-electron chi connectivity index (χ3n) is 4.70. The molecule has 0 spiro atoms. The first-order chi connectivity index (χ1) is 10.7. The maximum Gasteiger partial charge on any atom is 0.245 e. The van der Waals surface area contributed by atoms with Gasteiger partial charge in [-0.3, -0.25) is 4.79 Å². The van der Waals surface area contributed by atoms with E-state index >= 15 is 0 Å². The zero-order valence-electron chi connectivity index (χ0n) is 13.7. The summed E-state index contributed by atoms with van der Waals surface area (Å²) in [4.78, 5) is 12.5. The van der Waals surface area contributed by atoms with Crippen LogP contribution in [0.3, 0.4) is 0 Å². The molecular formula is C16H22F2N2O3. The molecule has 2 rings (SSSR count). The number of halogens is 2. The van der Waals surface area contributed by atoms with Crippen molar-refractivity contribution in [1.29, 1.82) is 0 Å². The summed E-state index contributed by atoms with van der Waals surface area (Å²) in [6.07, 6.45) is 0.216. The zero-order chi connectivity index (χ0) is 17.4. The Morgan fingerprint density at radius 3 is 2.39 bits per heavy atom. The molecular weight excluding hydrogens is 306 g/mol. The Balaban J connectivity index is 2.17. The van der Waals surface area contributed by atoms with Crippen LogP contribution in [0.25, 0.3) is 0 Å². The minimum atomic E-state index is -1.17. The van der Waals surface area contributed by atoms with Gasteiger partial charge in [-0.2, -0.15) is 0 Å². The maximum atomic E-state index is 13.7. The van der Waals surface area contributed by atoms with Crippen molar-refractivity contribution in [2.75, 3.05) is 19.0 Å². The van der Waals surface area contributed by atoms with E-state index in [2.05, 4.69) is 10.1 Å². The van der Waals surface area contributed by atoms with Crippen molar-refractivity contribution in [3.63, 3.8) is 0 Å². The van der Waals surface area contributed by atoms with Gasteiger partial charge in [-0.25, -0.2) is 8.78 Å². The lowest BCUT2D eigenvalue weighted by atomic mass is 9.54. The van der Waals surface area contributed by atoms with E-state index in [4.69, 9.17) is 10.5 Å². The third-order valence-corrected chi connectivity index (χ3v) is 4.70. The maximum absolute atomic E-state index is 13.7. The first-order valence-corrected chi connectivity index (χ1v) is 7.42. The van der Waals surface area contributed by atoms with Crippen molar-refractivity contribution < 1.29 is 23.0 Å². The van der Waals surface area contributed by atoms with Crippen molar-refractivity contribution in [2.45, 2.75) is 38.8 Å². The zero-order valence-corrected chi connectivity index (χ0v) is 13.7. The Morgan fingerprint density at radius 2 is 1.96 bits per heavy atom. The fraction of sp³-hybridized carbons (Fsp3) is 0.562. The van der Waals surface area contributed by atoms with Crippen LogP contribution in [-0.2, 0) is 9.53 Å². The van der Waals surface area contributed by atoms with Gasteiger partial charge in [0, 0.05) is 36.3 Å². The summed E-state index contributed by atoms with van der Waals surface area (Å²) in [5, 5.41) is 2.48. The summed E-state index contributed by atoms with van der Waals surface area (Å²) in [5.41, 5.74) is 4.46. The number of nitrogens with two attached hydrogens (primary N) is 1. The second-order valence-corrected chi connectivity index (χ2v) is 6.27. The molecule has 1 aliphatic rings. The first kappa shape index (κ1) is 17.6. The van der Waals surface area contributed by atoms with E-state index in [0.717, 1.165) is 12.1 Å². The minimum Gasteiger partial charge on any atom is -0.491 e. The topological polar surface area (TPSA) is 73.6 Å². The van der Waals surface area contributed by atoms with Crippen molar-refractivity contribution in [2.24, 2.45) is 11.1 Å². The van der Waals surface area contributed by atoms with Crippen molar-refractivity contribution in [3.05, 3.63) is 23.8 Å². The highest BCUT2D eigenvalue weighted by Crippen LogP contribution is 2.50. The van der Waals surface area contributed by atoms with E-state index in [9.17, 15) is 13.6 Å². The lowest BCUT2D eigenvalue weighted by Gasteiger charge is -2.57. The molecule has 128 valence electrons. The van der Waals surface area contributed by atoms with Gasteiger partial charge in [0.15, 0.2) is 17.4 Å². The molecule has 1 aromatic rings. The monoisotopic (exact) mass is 328 g/mol. The van der Waals surface area contributed by atoms with Crippen LogP contribution in [0.4, 0.5) is 14.5 Å². The van der Waals surface area contributed by atoms with Crippen molar-refractivity contribution >= 4 is 11.6 Å². The molecule has 2 atom stereocenters. The van der Waals surface area contributed by atoms with Gasteiger partial charge in [0.05, 0.1) is 13.2 Å². The van der Waals surface area contributed by atoms with E-state index in [0.29, 0.717) is 13.0 Å². The predicted molar refractivity (Wildman–Crippen MR) is 82.3 cm³/mol. The Morgan fingerprint density at radius 1 is 1.39 bits per heavy atom. The molecule has 1 aromatic carbocycles. The smallest absolute Gasteiger partial charge is 0.245 e. The van der Waals surface area contributed by atoms with E-state index < -0.39 is 34.2 Å². The lowest BCUT2D eigenvalue weighted by Crippen LogP contribution is -2.74. The Hall–Kier alpha value is -1.73. The van der Waals surface area contributed by atoms with Crippen LogP contribution in [0.15, 0.2) is 12.1 Å². The Bertz CT molecular complexity index is 598. The van der Waals surface area contributed by atoms with E-state index in [1.54, 1.807) is 0 Å². The molecule has 0 radical (unpaired) electrons. The number of rotatable bonds is 5. The van der Waals surface area contributed by atoms with Gasteiger partial charge in [0.2, 0.25) is 5.91 Å². The van der Waals surface area contributed by atoms with Gasteiger partial charge in [-0.1, -0.05) is 13.8 Å². The number of benzene rings is 1. The lowest BCUT2D eigenvalue weighted by molar-refractivity contribution is -0.166. The van der Waals surface area contributed by atoms with E-state index in [-0.39, 0.29) is 11.8 Å². The molecule has 0 bridgehead atoms. The van der Waals surface area contributed by atoms with Gasteiger partial charge in [-0.05, 0) is 6.92 Å². The number of carbonyl (C=O) groups excluding carboxylic acids is 1. The normalized spacial score (nSPS) is 25.6. The Kier molecular flexibility index (Phi) is 4.64. The third kappa shape index (κ3) is 2.79. The van der Waals surface area contributed by atoms with Crippen LogP contribution in [0.5, 0.6) is 5.75 Å². The molecule has 1 saturated carbocycles. The van der Waals surface area contributed by atoms with Gasteiger partial charge >= 0.3 is 0 Å². The highest BCUT2D eigenvalue weighted by Gasteiger charge is 2.62. The SMILES string of the molecule is CCOC1CC(N)(C(=O)Nc2cc(F)c(OC)c(F)c2)C1(C)C. The van der Waals surface area contributed by atoms with Crippen LogP contribution in [0.2, 0.25) is 0 Å². The number of hydrogen-bond donors (Lipinski definition) is 2. The minimum absolute atomic E-state index is 0.00807. The number of methoxy groups -OCH3 is 1. The van der Waals surface area contributed by atoms with Crippen molar-refractivity contribution in [3.8, 4) is 5.75 Å². The molecule has 1 amide bonds.